The highest BCUT2D eigenvalue weighted by Crippen LogP contribution is 2.13. The zero-order valence-electron chi connectivity index (χ0n) is 10.8. The molecular weight excluding hydrogens is 220 g/mol. The van der Waals surface area contributed by atoms with Crippen LogP contribution in [-0.4, -0.2) is 50.3 Å². The second-order valence-electron chi connectivity index (χ2n) is 4.21. The van der Waals surface area contributed by atoms with E-state index in [1.807, 2.05) is 0 Å². The third-order valence-electron chi connectivity index (χ3n) is 3.08. The van der Waals surface area contributed by atoms with Crippen molar-refractivity contribution in [3.8, 4) is 0 Å². The van der Waals surface area contributed by atoms with Gasteiger partial charge < -0.3 is 15.0 Å². The first-order valence-corrected chi connectivity index (χ1v) is 6.41. The van der Waals surface area contributed by atoms with E-state index in [1.54, 1.807) is 0 Å². The molecule has 1 heterocycles. The Bertz CT molecular complexity index is 155. The van der Waals surface area contributed by atoms with Gasteiger partial charge in [0.05, 0.1) is 6.10 Å². The van der Waals surface area contributed by atoms with E-state index in [1.165, 1.54) is 32.5 Å². The number of hydrogen-bond donors (Lipinski definition) is 1. The largest absolute Gasteiger partial charge is 0.378 e. The van der Waals surface area contributed by atoms with Crippen molar-refractivity contribution in [2.45, 2.75) is 39.2 Å². The van der Waals surface area contributed by atoms with Crippen LogP contribution in [-0.2, 0) is 4.74 Å². The van der Waals surface area contributed by atoms with E-state index >= 15 is 0 Å². The summed E-state index contributed by atoms with van der Waals surface area (Å²) < 4.78 is 5.86. The topological polar surface area (TPSA) is 24.5 Å². The Kier molecular flexibility index (Phi) is 10.5. The molecule has 0 amide bonds. The summed E-state index contributed by atoms with van der Waals surface area (Å²) in [6, 6.07) is 0. The first-order chi connectivity index (χ1) is 7.36. The number of rotatable bonds is 7. The van der Waals surface area contributed by atoms with Crippen molar-refractivity contribution >= 4 is 13.5 Å². The minimum Gasteiger partial charge on any atom is -0.378 e. The SMILES string of the molecule is CCNCCCOC1CCN(CC)CC1.S.[HH]. The van der Waals surface area contributed by atoms with Crippen LogP contribution in [0.2, 0.25) is 0 Å². The summed E-state index contributed by atoms with van der Waals surface area (Å²) in [6.45, 7) is 11.1. The summed E-state index contributed by atoms with van der Waals surface area (Å²) in [6.07, 6.45) is 4.10. The molecule has 0 atom stereocenters. The van der Waals surface area contributed by atoms with Gasteiger partial charge in [0.1, 0.15) is 0 Å². The lowest BCUT2D eigenvalue weighted by Crippen LogP contribution is -2.37. The molecule has 0 aromatic heterocycles. The van der Waals surface area contributed by atoms with Crippen LogP contribution >= 0.6 is 13.5 Å². The Morgan fingerprint density at radius 3 is 2.56 bits per heavy atom. The van der Waals surface area contributed by atoms with E-state index in [-0.39, 0.29) is 14.9 Å². The van der Waals surface area contributed by atoms with Crippen LogP contribution < -0.4 is 5.32 Å². The molecule has 4 heteroatoms. The van der Waals surface area contributed by atoms with Crippen molar-refractivity contribution in [2.24, 2.45) is 0 Å². The Morgan fingerprint density at radius 1 is 1.31 bits per heavy atom. The third-order valence-corrected chi connectivity index (χ3v) is 3.08. The molecule has 1 aliphatic heterocycles. The summed E-state index contributed by atoms with van der Waals surface area (Å²) in [5.74, 6) is 0. The fraction of sp³-hybridized carbons (Fsp3) is 1.00. The van der Waals surface area contributed by atoms with Gasteiger partial charge in [-0.1, -0.05) is 13.8 Å². The predicted octanol–water partition coefficient (Wildman–Crippen LogP) is 1.85. The van der Waals surface area contributed by atoms with Gasteiger partial charge in [0.2, 0.25) is 0 Å². The van der Waals surface area contributed by atoms with Gasteiger partial charge >= 0.3 is 0 Å². The fourth-order valence-electron chi connectivity index (χ4n) is 2.02. The Hall–Kier alpha value is 0.230. The first kappa shape index (κ1) is 16.2. The highest BCUT2D eigenvalue weighted by atomic mass is 32.1. The smallest absolute Gasteiger partial charge is 0.0599 e. The van der Waals surface area contributed by atoms with E-state index < -0.39 is 0 Å². The number of nitrogens with one attached hydrogen (secondary N) is 1. The van der Waals surface area contributed by atoms with E-state index in [9.17, 15) is 0 Å². The van der Waals surface area contributed by atoms with Crippen molar-refractivity contribution in [1.29, 1.82) is 0 Å². The minimum absolute atomic E-state index is 0. The van der Waals surface area contributed by atoms with Crippen LogP contribution in [0.1, 0.15) is 34.5 Å². The van der Waals surface area contributed by atoms with Gasteiger partial charge in [-0.05, 0) is 38.9 Å². The van der Waals surface area contributed by atoms with Crippen molar-refractivity contribution in [3.05, 3.63) is 0 Å². The maximum Gasteiger partial charge on any atom is 0.0599 e. The van der Waals surface area contributed by atoms with Gasteiger partial charge in [-0.15, -0.1) is 0 Å². The van der Waals surface area contributed by atoms with Crippen LogP contribution in [0, 0.1) is 0 Å². The number of ether oxygens (including phenoxy) is 1. The normalized spacial score (nSPS) is 18.4. The molecule has 16 heavy (non-hydrogen) atoms. The van der Waals surface area contributed by atoms with E-state index in [0.29, 0.717) is 6.10 Å². The molecule has 100 valence electrons. The van der Waals surface area contributed by atoms with Crippen molar-refractivity contribution in [3.63, 3.8) is 0 Å². The molecule has 0 aliphatic carbocycles. The molecule has 1 fully saturated rings. The monoisotopic (exact) mass is 250 g/mol. The molecule has 0 spiro atoms. The van der Waals surface area contributed by atoms with E-state index in [4.69, 9.17) is 4.74 Å². The van der Waals surface area contributed by atoms with Gasteiger partial charge in [0, 0.05) is 21.1 Å². The van der Waals surface area contributed by atoms with E-state index in [2.05, 4.69) is 24.1 Å². The zero-order valence-corrected chi connectivity index (χ0v) is 11.8. The molecule has 0 radical (unpaired) electrons. The van der Waals surface area contributed by atoms with Crippen LogP contribution in [0.3, 0.4) is 0 Å². The maximum absolute atomic E-state index is 5.86. The molecule has 0 saturated carbocycles. The zero-order chi connectivity index (χ0) is 10.9. The summed E-state index contributed by atoms with van der Waals surface area (Å²) in [5.41, 5.74) is 0. The highest BCUT2D eigenvalue weighted by Gasteiger charge is 2.17. The quantitative estimate of drug-likeness (QED) is 0.698. The molecule has 3 nitrogen and oxygen atoms in total. The van der Waals surface area contributed by atoms with E-state index in [0.717, 1.165) is 26.1 Å². The first-order valence-electron chi connectivity index (χ1n) is 6.41. The molecule has 1 N–H and O–H groups in total. The number of piperidine rings is 1. The van der Waals surface area contributed by atoms with Gasteiger partial charge in [-0.2, -0.15) is 13.5 Å². The van der Waals surface area contributed by atoms with Gasteiger partial charge in [-0.25, -0.2) is 0 Å². The van der Waals surface area contributed by atoms with Crippen LogP contribution in [0.5, 0.6) is 0 Å². The van der Waals surface area contributed by atoms with Crippen LogP contribution in [0.15, 0.2) is 0 Å². The van der Waals surface area contributed by atoms with Crippen molar-refractivity contribution in [1.82, 2.24) is 10.2 Å². The summed E-state index contributed by atoms with van der Waals surface area (Å²) >= 11 is 0. The molecule has 1 aliphatic rings. The lowest BCUT2D eigenvalue weighted by molar-refractivity contribution is 0.00780. The number of hydrogen-bond acceptors (Lipinski definition) is 3. The molecule has 1 saturated heterocycles. The lowest BCUT2D eigenvalue weighted by atomic mass is 10.1. The average molecular weight is 250 g/mol. The number of nitrogens with zero attached hydrogens (tertiary/aromatic N) is 1. The summed E-state index contributed by atoms with van der Waals surface area (Å²) in [5, 5.41) is 3.31. The Balaban J connectivity index is 0. The Morgan fingerprint density at radius 2 is 2.00 bits per heavy atom. The maximum atomic E-state index is 5.86. The highest BCUT2D eigenvalue weighted by molar-refractivity contribution is 7.59. The molecule has 1 rings (SSSR count). The number of likely N-dealkylation sites (tertiary alicyclic amines) is 1. The molecule has 0 unspecified atom stereocenters. The Labute approximate surface area is 109 Å². The van der Waals surface area contributed by atoms with Gasteiger partial charge in [-0.3, -0.25) is 0 Å². The molecule has 0 aromatic rings. The summed E-state index contributed by atoms with van der Waals surface area (Å²) in [7, 11) is 0. The lowest BCUT2D eigenvalue weighted by Gasteiger charge is -2.30. The molecule has 0 aromatic carbocycles. The standard InChI is InChI=1S/C12H26N2O.H2S.H2/c1-3-13-8-5-11-15-12-6-9-14(4-2)10-7-12;;/h12-13H,3-11H2,1-2H3;1H2;1H. The van der Waals surface area contributed by atoms with Crippen LogP contribution in [0.25, 0.3) is 0 Å². The van der Waals surface area contributed by atoms with Gasteiger partial charge in [0.25, 0.3) is 0 Å². The van der Waals surface area contributed by atoms with Gasteiger partial charge in [0.15, 0.2) is 0 Å². The predicted molar refractivity (Wildman–Crippen MR) is 76.7 cm³/mol. The fourth-order valence-corrected chi connectivity index (χ4v) is 2.02. The van der Waals surface area contributed by atoms with Crippen LogP contribution in [0.4, 0.5) is 0 Å². The molecular formula is C12H30N2OS. The second-order valence-corrected chi connectivity index (χ2v) is 4.21. The average Bonchev–Trinajstić information content (AvgIpc) is 2.30. The van der Waals surface area contributed by atoms with Crippen molar-refractivity contribution in [2.75, 3.05) is 39.3 Å². The van der Waals surface area contributed by atoms with Crippen molar-refractivity contribution < 1.29 is 6.16 Å². The third kappa shape index (κ3) is 6.74. The second kappa shape index (κ2) is 10.4. The molecule has 0 bridgehead atoms. The summed E-state index contributed by atoms with van der Waals surface area (Å²) in [4.78, 5) is 2.50. The minimum atomic E-state index is 0.